The fourth-order valence-corrected chi connectivity index (χ4v) is 1.48. The number of benzene rings is 1. The number of hydrogen-bond donors (Lipinski definition) is 1. The van der Waals surface area contributed by atoms with Gasteiger partial charge in [-0.25, -0.2) is 0 Å². The lowest BCUT2D eigenvalue weighted by Crippen LogP contribution is -2.33. The summed E-state index contributed by atoms with van der Waals surface area (Å²) < 4.78 is 10.7. The van der Waals surface area contributed by atoms with Gasteiger partial charge in [-0.05, 0) is 17.7 Å². The van der Waals surface area contributed by atoms with E-state index in [2.05, 4.69) is 5.32 Å². The molecule has 0 aromatic heterocycles. The third-order valence-electron chi connectivity index (χ3n) is 2.23. The summed E-state index contributed by atoms with van der Waals surface area (Å²) in [5.74, 6) is 0.865. The molecular formula is C11H14NO2. The summed E-state index contributed by atoms with van der Waals surface area (Å²) in [6.45, 7) is 2.47. The Labute approximate surface area is 84.0 Å². The Morgan fingerprint density at radius 3 is 3.07 bits per heavy atom. The van der Waals surface area contributed by atoms with E-state index in [1.54, 1.807) is 7.11 Å². The van der Waals surface area contributed by atoms with Crippen molar-refractivity contribution in [3.63, 3.8) is 0 Å². The van der Waals surface area contributed by atoms with Gasteiger partial charge < -0.3 is 14.8 Å². The average Bonchev–Trinajstić information content (AvgIpc) is 2.30. The van der Waals surface area contributed by atoms with Crippen molar-refractivity contribution in [2.24, 2.45) is 0 Å². The number of morpholine rings is 1. The normalized spacial score (nSPS) is 18.1. The smallest absolute Gasteiger partial charge is 0.140 e. The minimum absolute atomic E-state index is 0.743. The zero-order valence-corrected chi connectivity index (χ0v) is 8.25. The number of hydrogen-bond acceptors (Lipinski definition) is 3. The number of methoxy groups -OCH3 is 1. The first-order chi connectivity index (χ1) is 6.90. The first kappa shape index (κ1) is 9.49. The highest BCUT2D eigenvalue weighted by molar-refractivity contribution is 5.35. The number of nitrogens with one attached hydrogen (secondary N) is 1. The Kier molecular flexibility index (Phi) is 3.01. The van der Waals surface area contributed by atoms with Crippen molar-refractivity contribution in [3.05, 3.63) is 35.9 Å². The zero-order chi connectivity index (χ0) is 9.80. The van der Waals surface area contributed by atoms with Gasteiger partial charge in [0.25, 0.3) is 0 Å². The zero-order valence-electron chi connectivity index (χ0n) is 8.25. The Hall–Kier alpha value is -1.06. The molecule has 1 aliphatic rings. The molecule has 1 fully saturated rings. The molecule has 1 aliphatic heterocycles. The maximum absolute atomic E-state index is 5.56. The fraction of sp³-hybridized carbons (Fsp3) is 0.364. The Morgan fingerprint density at radius 2 is 2.36 bits per heavy atom. The van der Waals surface area contributed by atoms with Crippen LogP contribution in [-0.4, -0.2) is 26.8 Å². The van der Waals surface area contributed by atoms with E-state index in [0.717, 1.165) is 37.1 Å². The van der Waals surface area contributed by atoms with Gasteiger partial charge in [-0.3, -0.25) is 0 Å². The predicted octanol–water partition coefficient (Wildman–Crippen LogP) is 1.20. The molecule has 3 nitrogen and oxygen atoms in total. The van der Waals surface area contributed by atoms with Gasteiger partial charge in [-0.1, -0.05) is 12.1 Å². The third kappa shape index (κ3) is 2.05. The van der Waals surface area contributed by atoms with Gasteiger partial charge in [0.05, 0.1) is 13.7 Å². The summed E-state index contributed by atoms with van der Waals surface area (Å²) in [5.41, 5.74) is 1.09. The van der Waals surface area contributed by atoms with E-state index in [0.29, 0.717) is 0 Å². The molecule has 0 bridgehead atoms. The maximum Gasteiger partial charge on any atom is 0.140 e. The van der Waals surface area contributed by atoms with Gasteiger partial charge in [0.1, 0.15) is 11.9 Å². The summed E-state index contributed by atoms with van der Waals surface area (Å²) in [6, 6.07) is 7.92. The molecule has 0 saturated carbocycles. The van der Waals surface area contributed by atoms with Crippen LogP contribution in [0.5, 0.6) is 5.75 Å². The minimum Gasteiger partial charge on any atom is -0.497 e. The third-order valence-corrected chi connectivity index (χ3v) is 2.23. The molecule has 1 N–H and O–H groups in total. The van der Waals surface area contributed by atoms with Crippen molar-refractivity contribution in [2.75, 3.05) is 26.8 Å². The van der Waals surface area contributed by atoms with Crippen molar-refractivity contribution < 1.29 is 9.47 Å². The second kappa shape index (κ2) is 4.44. The van der Waals surface area contributed by atoms with Crippen LogP contribution in [0.1, 0.15) is 5.56 Å². The van der Waals surface area contributed by atoms with Crippen LogP contribution in [0.15, 0.2) is 24.3 Å². The van der Waals surface area contributed by atoms with Crippen LogP contribution in [-0.2, 0) is 4.74 Å². The van der Waals surface area contributed by atoms with Gasteiger partial charge in [0.2, 0.25) is 0 Å². The van der Waals surface area contributed by atoms with Gasteiger partial charge in [0, 0.05) is 13.1 Å². The fourth-order valence-electron chi connectivity index (χ4n) is 1.48. The van der Waals surface area contributed by atoms with E-state index in [4.69, 9.17) is 9.47 Å². The second-order valence-corrected chi connectivity index (χ2v) is 3.18. The van der Waals surface area contributed by atoms with Gasteiger partial charge >= 0.3 is 0 Å². The van der Waals surface area contributed by atoms with E-state index in [1.807, 2.05) is 24.3 Å². The molecule has 1 saturated heterocycles. The average molecular weight is 192 g/mol. The van der Waals surface area contributed by atoms with Crippen LogP contribution in [0.4, 0.5) is 0 Å². The SMILES string of the molecule is COc1cccc([C]2CNCCO2)c1. The highest BCUT2D eigenvalue weighted by Crippen LogP contribution is 2.21. The summed E-state index contributed by atoms with van der Waals surface area (Å²) in [6.07, 6.45) is 0.996. The van der Waals surface area contributed by atoms with Crippen LogP contribution in [0.2, 0.25) is 0 Å². The molecule has 75 valence electrons. The van der Waals surface area contributed by atoms with Crippen molar-refractivity contribution >= 4 is 0 Å². The van der Waals surface area contributed by atoms with Crippen molar-refractivity contribution in [1.82, 2.24) is 5.32 Å². The molecule has 0 unspecified atom stereocenters. The highest BCUT2D eigenvalue weighted by Gasteiger charge is 2.16. The summed E-state index contributed by atoms with van der Waals surface area (Å²) in [5, 5.41) is 3.27. The van der Waals surface area contributed by atoms with Crippen molar-refractivity contribution in [3.8, 4) is 5.75 Å². The standard InChI is InChI=1S/C11H14NO2/c1-13-10-4-2-3-9(7-10)11-8-12-5-6-14-11/h2-4,7,12H,5-6,8H2,1H3. The van der Waals surface area contributed by atoms with E-state index in [1.165, 1.54) is 0 Å². The molecule has 3 heteroatoms. The van der Waals surface area contributed by atoms with E-state index < -0.39 is 0 Å². The van der Waals surface area contributed by atoms with Crippen LogP contribution in [0, 0.1) is 6.10 Å². The number of rotatable bonds is 2. The highest BCUT2D eigenvalue weighted by atomic mass is 16.5. The van der Waals surface area contributed by atoms with Gasteiger partial charge in [-0.2, -0.15) is 0 Å². The molecule has 1 aromatic carbocycles. The van der Waals surface area contributed by atoms with E-state index >= 15 is 0 Å². The van der Waals surface area contributed by atoms with Crippen molar-refractivity contribution in [1.29, 1.82) is 0 Å². The molecular weight excluding hydrogens is 178 g/mol. The quantitative estimate of drug-likeness (QED) is 0.763. The molecule has 0 spiro atoms. The second-order valence-electron chi connectivity index (χ2n) is 3.18. The first-order valence-electron chi connectivity index (χ1n) is 4.74. The molecule has 14 heavy (non-hydrogen) atoms. The van der Waals surface area contributed by atoms with Gasteiger partial charge in [0.15, 0.2) is 0 Å². The molecule has 1 radical (unpaired) electrons. The molecule has 0 aliphatic carbocycles. The molecule has 1 heterocycles. The monoisotopic (exact) mass is 192 g/mol. The van der Waals surface area contributed by atoms with Crippen LogP contribution >= 0.6 is 0 Å². The Balaban J connectivity index is 2.13. The lowest BCUT2D eigenvalue weighted by Gasteiger charge is -2.22. The maximum atomic E-state index is 5.56. The molecule has 2 rings (SSSR count). The minimum atomic E-state index is 0.743. The topological polar surface area (TPSA) is 30.5 Å². The van der Waals surface area contributed by atoms with Crippen molar-refractivity contribution in [2.45, 2.75) is 0 Å². The lowest BCUT2D eigenvalue weighted by molar-refractivity contribution is 0.129. The van der Waals surface area contributed by atoms with E-state index in [9.17, 15) is 0 Å². The largest absolute Gasteiger partial charge is 0.497 e. The Bertz CT molecular complexity index is 295. The van der Waals surface area contributed by atoms with Crippen LogP contribution in [0.25, 0.3) is 0 Å². The Morgan fingerprint density at radius 1 is 1.43 bits per heavy atom. The molecule has 0 atom stereocenters. The molecule has 1 aromatic rings. The van der Waals surface area contributed by atoms with Crippen LogP contribution < -0.4 is 10.1 Å². The summed E-state index contributed by atoms with van der Waals surface area (Å²) in [4.78, 5) is 0. The predicted molar refractivity (Wildman–Crippen MR) is 54.2 cm³/mol. The van der Waals surface area contributed by atoms with Crippen LogP contribution in [0.3, 0.4) is 0 Å². The van der Waals surface area contributed by atoms with E-state index in [-0.39, 0.29) is 0 Å². The van der Waals surface area contributed by atoms with Gasteiger partial charge in [-0.15, -0.1) is 0 Å². The number of ether oxygens (including phenoxy) is 2. The summed E-state index contributed by atoms with van der Waals surface area (Å²) in [7, 11) is 1.67. The summed E-state index contributed by atoms with van der Waals surface area (Å²) >= 11 is 0. The lowest BCUT2D eigenvalue weighted by atomic mass is 10.1. The molecule has 0 amide bonds. The first-order valence-corrected chi connectivity index (χ1v) is 4.74.